The maximum Gasteiger partial charge on any atom is 0.315 e. The van der Waals surface area contributed by atoms with Crippen molar-refractivity contribution < 1.29 is 50.0 Å². The van der Waals surface area contributed by atoms with Gasteiger partial charge in [-0.3, -0.25) is 4.79 Å². The molecule has 0 bridgehead atoms. The van der Waals surface area contributed by atoms with Gasteiger partial charge in [0.15, 0.2) is 0 Å². The highest BCUT2D eigenvalue weighted by atomic mass is 16.7. The highest BCUT2D eigenvalue weighted by Gasteiger charge is 2.71. The first-order chi connectivity index (χ1) is 21.5. The molecule has 46 heavy (non-hydrogen) atoms. The summed E-state index contributed by atoms with van der Waals surface area (Å²) in [7, 11) is 0. The summed E-state index contributed by atoms with van der Waals surface area (Å²) >= 11 is 0. The molecule has 4 saturated carbocycles. The highest BCUT2D eigenvalue weighted by Crippen LogP contribution is 2.75. The number of hydrogen-bond acceptors (Lipinski definition) is 10. The van der Waals surface area contributed by atoms with E-state index in [0.717, 1.165) is 32.1 Å². The van der Waals surface area contributed by atoms with Crippen LogP contribution in [0, 0.1) is 56.7 Å². The van der Waals surface area contributed by atoms with Crippen LogP contribution < -0.4 is 0 Å². The number of carbonyl (C=O) groups is 1. The minimum atomic E-state index is -1.65. The Bertz CT molecular complexity index is 1220. The van der Waals surface area contributed by atoms with Crippen molar-refractivity contribution in [1.82, 2.24) is 0 Å². The summed E-state index contributed by atoms with van der Waals surface area (Å²) < 4.78 is 11.5. The zero-order valence-electron chi connectivity index (χ0n) is 28.4. The normalized spacial score (nSPS) is 56.8. The smallest absolute Gasteiger partial charge is 0.315 e. The molecule has 6 rings (SSSR count). The van der Waals surface area contributed by atoms with E-state index in [1.807, 2.05) is 6.92 Å². The van der Waals surface area contributed by atoms with E-state index in [1.54, 1.807) is 0 Å². The van der Waals surface area contributed by atoms with Crippen molar-refractivity contribution in [3.8, 4) is 0 Å². The number of aliphatic hydroxyl groups excluding tert-OH is 7. The average Bonchev–Trinajstić information content (AvgIpc) is 3.02. The number of fused-ring (bicyclic) bond motifs is 7. The Hall–Kier alpha value is -1.11. The molecule has 0 aromatic rings. The molecule has 1 saturated heterocycles. The van der Waals surface area contributed by atoms with Crippen LogP contribution >= 0.6 is 0 Å². The molecule has 6 aliphatic rings. The van der Waals surface area contributed by atoms with Gasteiger partial charge >= 0.3 is 5.97 Å². The van der Waals surface area contributed by atoms with Crippen LogP contribution in [0.3, 0.4) is 0 Å². The van der Waals surface area contributed by atoms with Crippen LogP contribution in [0.1, 0.15) is 92.9 Å². The Labute approximate surface area is 273 Å². The number of carbonyl (C=O) groups excluding carboxylic acids is 1. The van der Waals surface area contributed by atoms with Crippen LogP contribution in [0.2, 0.25) is 0 Å². The van der Waals surface area contributed by atoms with E-state index < -0.39 is 66.3 Å². The lowest BCUT2D eigenvalue weighted by molar-refractivity contribution is -0.297. The van der Waals surface area contributed by atoms with Gasteiger partial charge in [0.05, 0.1) is 30.8 Å². The van der Waals surface area contributed by atoms with Gasteiger partial charge in [-0.05, 0) is 97.2 Å². The van der Waals surface area contributed by atoms with Crippen LogP contribution in [-0.4, -0.2) is 97.8 Å². The second-order valence-corrected chi connectivity index (χ2v) is 17.3. The Morgan fingerprint density at radius 1 is 0.913 bits per heavy atom. The molecule has 0 aromatic carbocycles. The summed E-state index contributed by atoms with van der Waals surface area (Å²) in [6.07, 6.45) is -1.11. The first-order valence-corrected chi connectivity index (χ1v) is 17.7. The van der Waals surface area contributed by atoms with E-state index in [1.165, 1.54) is 5.57 Å². The third kappa shape index (κ3) is 4.46. The van der Waals surface area contributed by atoms with Gasteiger partial charge in [0.1, 0.15) is 24.4 Å². The minimum Gasteiger partial charge on any atom is -0.432 e. The number of ether oxygens (including phenoxy) is 2. The summed E-state index contributed by atoms with van der Waals surface area (Å²) in [5.41, 5.74) is -1.01. The summed E-state index contributed by atoms with van der Waals surface area (Å²) in [5, 5.41) is 73.8. The third-order valence-electron chi connectivity index (χ3n) is 15.6. The Balaban J connectivity index is 1.37. The van der Waals surface area contributed by atoms with Crippen molar-refractivity contribution in [2.75, 3.05) is 13.2 Å². The van der Waals surface area contributed by atoms with E-state index in [4.69, 9.17) is 9.47 Å². The van der Waals surface area contributed by atoms with Crippen molar-refractivity contribution in [3.05, 3.63) is 11.6 Å². The molecule has 0 spiro atoms. The molecule has 0 amide bonds. The standard InChI is InChI=1S/C36H58O10/c1-18-9-12-36(31(44)46-30-28(42)27(41)26(40)22(16-37)45-30)14-13-34(5)20(25(36)19(18)2)7-8-24-32(3)15-21(39)29(43)33(4,17-38)23(32)10-11-35(24,34)6/h7,18-19,21-30,37-43H,8-17H2,1-6H3/t18-,19-,21-,22+,23?,24?,25?,26+,27-,28+,29-,30-,32-,33+,34-,35+,36-/m0/s1. The maximum absolute atomic E-state index is 14.4. The lowest BCUT2D eigenvalue weighted by atomic mass is 9.33. The van der Waals surface area contributed by atoms with Gasteiger partial charge in [-0.15, -0.1) is 0 Å². The van der Waals surface area contributed by atoms with E-state index in [0.29, 0.717) is 25.2 Å². The molecular formula is C36H58O10. The molecule has 5 aliphatic carbocycles. The fraction of sp³-hybridized carbons (Fsp3) is 0.917. The van der Waals surface area contributed by atoms with Gasteiger partial charge in [0, 0.05) is 5.41 Å². The molecule has 5 fully saturated rings. The number of rotatable bonds is 4. The summed E-state index contributed by atoms with van der Waals surface area (Å²) in [5.74, 6) is 0.265. The van der Waals surface area contributed by atoms with E-state index in [2.05, 4.69) is 40.7 Å². The number of esters is 1. The molecule has 1 aliphatic heterocycles. The fourth-order valence-corrected chi connectivity index (χ4v) is 12.4. The van der Waals surface area contributed by atoms with Gasteiger partial charge in [-0.2, -0.15) is 0 Å². The largest absolute Gasteiger partial charge is 0.432 e. The fourth-order valence-electron chi connectivity index (χ4n) is 12.4. The van der Waals surface area contributed by atoms with Crippen LogP contribution in [0.5, 0.6) is 0 Å². The van der Waals surface area contributed by atoms with Gasteiger partial charge in [0.25, 0.3) is 0 Å². The number of aliphatic hydroxyl groups is 7. The van der Waals surface area contributed by atoms with Crippen LogP contribution in [0.25, 0.3) is 0 Å². The lowest BCUT2D eigenvalue weighted by Gasteiger charge is -2.71. The van der Waals surface area contributed by atoms with E-state index in [-0.39, 0.29) is 46.5 Å². The molecule has 262 valence electrons. The van der Waals surface area contributed by atoms with Crippen LogP contribution in [0.4, 0.5) is 0 Å². The van der Waals surface area contributed by atoms with Gasteiger partial charge in [-0.1, -0.05) is 53.2 Å². The Kier molecular flexibility index (Phi) is 8.66. The second-order valence-electron chi connectivity index (χ2n) is 17.3. The predicted octanol–water partition coefficient (Wildman–Crippen LogP) is 2.29. The predicted molar refractivity (Wildman–Crippen MR) is 168 cm³/mol. The first kappa shape index (κ1) is 34.7. The van der Waals surface area contributed by atoms with E-state index >= 15 is 0 Å². The summed E-state index contributed by atoms with van der Waals surface area (Å²) in [6.45, 7) is 12.7. The van der Waals surface area contributed by atoms with Crippen molar-refractivity contribution >= 4 is 5.97 Å². The molecular weight excluding hydrogens is 592 g/mol. The molecule has 0 aromatic heterocycles. The quantitative estimate of drug-likeness (QED) is 0.177. The average molecular weight is 651 g/mol. The first-order valence-electron chi connectivity index (χ1n) is 17.7. The zero-order valence-corrected chi connectivity index (χ0v) is 28.4. The molecule has 0 radical (unpaired) electrons. The monoisotopic (exact) mass is 650 g/mol. The summed E-state index contributed by atoms with van der Waals surface area (Å²) in [4.78, 5) is 14.4. The van der Waals surface area contributed by atoms with Crippen molar-refractivity contribution in [3.63, 3.8) is 0 Å². The molecule has 17 atom stereocenters. The number of hydrogen-bond donors (Lipinski definition) is 7. The van der Waals surface area contributed by atoms with Crippen molar-refractivity contribution in [1.29, 1.82) is 0 Å². The maximum atomic E-state index is 14.4. The van der Waals surface area contributed by atoms with Crippen LogP contribution in [-0.2, 0) is 14.3 Å². The molecule has 3 unspecified atom stereocenters. The molecule has 1 heterocycles. The van der Waals surface area contributed by atoms with Gasteiger partial charge < -0.3 is 45.2 Å². The Morgan fingerprint density at radius 2 is 1.61 bits per heavy atom. The van der Waals surface area contributed by atoms with E-state index in [9.17, 15) is 40.5 Å². The number of allylic oxidation sites excluding steroid dienone is 2. The minimum absolute atomic E-state index is 0.0600. The lowest BCUT2D eigenvalue weighted by Crippen LogP contribution is -2.68. The Morgan fingerprint density at radius 3 is 2.26 bits per heavy atom. The topological polar surface area (TPSA) is 177 Å². The third-order valence-corrected chi connectivity index (χ3v) is 15.6. The van der Waals surface area contributed by atoms with Crippen LogP contribution in [0.15, 0.2) is 11.6 Å². The molecule has 10 nitrogen and oxygen atoms in total. The SMILES string of the molecule is C[C@@H]1C2C3=CCC4[C@@]5(C)C[C@H](O)[C@H](O)[C@](C)(CO)C5CC[C@@]4(C)[C@@]3(C)CC[C@@]2(C(=O)O[C@@H]2O[C@H](CO)[C@@H](O)[C@H](O)[C@H]2O)CC[C@@H]1C. The molecule has 7 N–H and O–H groups in total. The second kappa shape index (κ2) is 11.5. The highest BCUT2D eigenvalue weighted by molar-refractivity contribution is 5.79. The van der Waals surface area contributed by atoms with Gasteiger partial charge in [0.2, 0.25) is 6.29 Å². The molecule has 10 heteroatoms. The van der Waals surface area contributed by atoms with Crippen molar-refractivity contribution in [2.24, 2.45) is 56.7 Å². The van der Waals surface area contributed by atoms with Gasteiger partial charge in [-0.25, -0.2) is 0 Å². The zero-order chi connectivity index (χ0) is 33.8. The summed E-state index contributed by atoms with van der Waals surface area (Å²) in [6, 6.07) is 0. The van der Waals surface area contributed by atoms with Crippen molar-refractivity contribution in [2.45, 2.75) is 136 Å².